The number of fused-ring (bicyclic) bond motifs is 1. The summed E-state index contributed by atoms with van der Waals surface area (Å²) in [5, 5.41) is 11.7. The molecule has 0 amide bonds. The van der Waals surface area contributed by atoms with E-state index in [-0.39, 0.29) is 12.2 Å². The van der Waals surface area contributed by atoms with Gasteiger partial charge in [0.05, 0.1) is 35.1 Å². The zero-order valence-corrected chi connectivity index (χ0v) is 20.8. The van der Waals surface area contributed by atoms with Gasteiger partial charge in [0.15, 0.2) is 11.4 Å². The Balaban J connectivity index is 1.53. The standard InChI is InChI=1S/C27H27ClN6O2/c1-3-19(35)13-17-7-9-22(28)20(14-17)25-21-16-29-33-26(21)32-27(31-25)30-18-8-10-24(36-2)23(15-18)34-11-5-4-6-12-34/h3,7-10,14-16H,1,4-6,11-13H2,2H3,(H2,29,30,31,32,33). The number of halogens is 1. The first-order valence-corrected chi connectivity index (χ1v) is 12.3. The summed E-state index contributed by atoms with van der Waals surface area (Å²) in [5.74, 6) is 1.18. The summed E-state index contributed by atoms with van der Waals surface area (Å²) in [5.41, 5.74) is 4.62. The van der Waals surface area contributed by atoms with Gasteiger partial charge >= 0.3 is 0 Å². The molecule has 1 aliphatic heterocycles. The van der Waals surface area contributed by atoms with E-state index in [4.69, 9.17) is 21.3 Å². The molecule has 0 spiro atoms. The van der Waals surface area contributed by atoms with Crippen LogP contribution in [0.4, 0.5) is 17.3 Å². The normalized spacial score (nSPS) is 13.6. The minimum atomic E-state index is -0.0641. The lowest BCUT2D eigenvalue weighted by Gasteiger charge is -2.30. The van der Waals surface area contributed by atoms with Crippen LogP contribution < -0.4 is 15.0 Å². The monoisotopic (exact) mass is 502 g/mol. The number of H-pyrrole nitrogens is 1. The number of anilines is 3. The van der Waals surface area contributed by atoms with Crippen molar-refractivity contribution in [2.24, 2.45) is 0 Å². The molecule has 1 fully saturated rings. The van der Waals surface area contributed by atoms with Gasteiger partial charge in [0.1, 0.15) is 5.75 Å². The molecule has 2 aromatic carbocycles. The number of piperidine rings is 1. The fraction of sp³-hybridized carbons (Fsp3) is 0.259. The number of hydrogen-bond donors (Lipinski definition) is 2. The first kappa shape index (κ1) is 23.8. The highest BCUT2D eigenvalue weighted by molar-refractivity contribution is 6.33. The molecule has 0 aliphatic carbocycles. The van der Waals surface area contributed by atoms with Crippen molar-refractivity contribution < 1.29 is 9.53 Å². The van der Waals surface area contributed by atoms with E-state index in [0.29, 0.717) is 27.9 Å². The van der Waals surface area contributed by atoms with Crippen LogP contribution in [0.1, 0.15) is 24.8 Å². The average Bonchev–Trinajstić information content (AvgIpc) is 3.38. The summed E-state index contributed by atoms with van der Waals surface area (Å²) < 4.78 is 5.63. The fourth-order valence-electron chi connectivity index (χ4n) is 4.51. The molecule has 2 aromatic heterocycles. The van der Waals surface area contributed by atoms with Gasteiger partial charge in [-0.1, -0.05) is 24.2 Å². The summed E-state index contributed by atoms with van der Waals surface area (Å²) in [6.45, 7) is 5.57. The first-order chi connectivity index (χ1) is 17.6. The van der Waals surface area contributed by atoms with Gasteiger partial charge in [-0.05, 0) is 61.2 Å². The molecule has 2 N–H and O–H groups in total. The number of aromatic nitrogens is 4. The number of carbonyl (C=O) groups is 1. The lowest BCUT2D eigenvalue weighted by atomic mass is 10.0. The number of hydrogen-bond acceptors (Lipinski definition) is 7. The van der Waals surface area contributed by atoms with Gasteiger partial charge in [0.25, 0.3) is 0 Å². The second-order valence-electron chi connectivity index (χ2n) is 8.75. The molecule has 1 saturated heterocycles. The van der Waals surface area contributed by atoms with Crippen molar-refractivity contribution in [3.63, 3.8) is 0 Å². The first-order valence-electron chi connectivity index (χ1n) is 11.9. The molecule has 0 atom stereocenters. The maximum Gasteiger partial charge on any atom is 0.229 e. The average molecular weight is 503 g/mol. The molecule has 1 aliphatic rings. The van der Waals surface area contributed by atoms with Gasteiger partial charge in [-0.15, -0.1) is 0 Å². The third-order valence-electron chi connectivity index (χ3n) is 6.33. The van der Waals surface area contributed by atoms with Crippen molar-refractivity contribution in [3.05, 3.63) is 65.8 Å². The van der Waals surface area contributed by atoms with Crippen LogP contribution in [0.2, 0.25) is 5.02 Å². The molecule has 0 unspecified atom stereocenters. The SMILES string of the molecule is C=CC(=O)Cc1ccc(Cl)c(-c2nc(Nc3ccc(OC)c(N4CCCCC4)c3)nc3[nH]ncc23)c1. The molecule has 3 heterocycles. The molecule has 9 heteroatoms. The van der Waals surface area contributed by atoms with E-state index in [1.165, 1.54) is 25.3 Å². The van der Waals surface area contributed by atoms with E-state index < -0.39 is 0 Å². The largest absolute Gasteiger partial charge is 0.495 e. The molecular weight excluding hydrogens is 476 g/mol. The van der Waals surface area contributed by atoms with Gasteiger partial charge in [-0.25, -0.2) is 4.98 Å². The van der Waals surface area contributed by atoms with Crippen LogP contribution in [-0.4, -0.2) is 46.1 Å². The summed E-state index contributed by atoms with van der Waals surface area (Å²) in [7, 11) is 1.69. The number of nitrogens with one attached hydrogen (secondary N) is 2. The zero-order chi connectivity index (χ0) is 25.1. The van der Waals surface area contributed by atoms with Crippen LogP contribution in [0, 0.1) is 0 Å². The van der Waals surface area contributed by atoms with Crippen molar-refractivity contribution in [2.75, 3.05) is 30.4 Å². The predicted molar refractivity (Wildman–Crippen MR) is 143 cm³/mol. The highest BCUT2D eigenvalue weighted by Crippen LogP contribution is 2.36. The van der Waals surface area contributed by atoms with E-state index in [1.54, 1.807) is 19.4 Å². The van der Waals surface area contributed by atoms with Crippen molar-refractivity contribution in [1.82, 2.24) is 20.2 Å². The number of ketones is 1. The summed E-state index contributed by atoms with van der Waals surface area (Å²) in [6.07, 6.45) is 6.83. The Hall–Kier alpha value is -3.91. The number of nitrogens with zero attached hydrogens (tertiary/aromatic N) is 4. The second kappa shape index (κ2) is 10.4. The topological polar surface area (TPSA) is 96.0 Å². The van der Waals surface area contributed by atoms with Crippen LogP contribution in [0.3, 0.4) is 0 Å². The number of ether oxygens (including phenoxy) is 1. The van der Waals surface area contributed by atoms with Gasteiger partial charge in [-0.3, -0.25) is 9.89 Å². The Morgan fingerprint density at radius 1 is 1.19 bits per heavy atom. The molecule has 8 nitrogen and oxygen atoms in total. The van der Waals surface area contributed by atoms with E-state index in [1.807, 2.05) is 24.3 Å². The van der Waals surface area contributed by atoms with Crippen molar-refractivity contribution in [2.45, 2.75) is 25.7 Å². The molecule has 5 rings (SSSR count). The molecular formula is C27H27ClN6O2. The highest BCUT2D eigenvalue weighted by Gasteiger charge is 2.18. The Kier molecular flexibility index (Phi) is 6.86. The Morgan fingerprint density at radius 2 is 2.03 bits per heavy atom. The molecule has 0 radical (unpaired) electrons. The van der Waals surface area contributed by atoms with E-state index in [0.717, 1.165) is 41.2 Å². The maximum absolute atomic E-state index is 11.9. The van der Waals surface area contributed by atoms with Gasteiger partial charge in [0, 0.05) is 30.8 Å². The Bertz CT molecular complexity index is 1430. The Morgan fingerprint density at radius 3 is 2.81 bits per heavy atom. The number of rotatable bonds is 8. The Labute approximate surface area is 214 Å². The zero-order valence-electron chi connectivity index (χ0n) is 20.1. The van der Waals surface area contributed by atoms with Crippen molar-refractivity contribution >= 4 is 45.7 Å². The number of carbonyl (C=O) groups excluding carboxylic acids is 1. The van der Waals surface area contributed by atoms with Gasteiger partial charge in [0.2, 0.25) is 5.95 Å². The highest BCUT2D eigenvalue weighted by atomic mass is 35.5. The van der Waals surface area contributed by atoms with Gasteiger partial charge in [-0.2, -0.15) is 10.1 Å². The number of aromatic amines is 1. The fourth-order valence-corrected chi connectivity index (χ4v) is 4.72. The van der Waals surface area contributed by atoms with Crippen LogP contribution in [0.25, 0.3) is 22.3 Å². The smallest absolute Gasteiger partial charge is 0.229 e. The van der Waals surface area contributed by atoms with Gasteiger partial charge < -0.3 is 15.0 Å². The number of benzene rings is 2. The summed E-state index contributed by atoms with van der Waals surface area (Å²) in [6, 6.07) is 11.5. The summed E-state index contributed by atoms with van der Waals surface area (Å²) in [4.78, 5) is 23.7. The van der Waals surface area contributed by atoms with Crippen molar-refractivity contribution in [3.8, 4) is 17.0 Å². The third kappa shape index (κ3) is 4.90. The number of methoxy groups -OCH3 is 1. The van der Waals surface area contributed by atoms with E-state index >= 15 is 0 Å². The lowest BCUT2D eigenvalue weighted by Crippen LogP contribution is -2.29. The van der Waals surface area contributed by atoms with Crippen LogP contribution in [0.15, 0.2) is 55.3 Å². The summed E-state index contributed by atoms with van der Waals surface area (Å²) >= 11 is 6.59. The molecule has 36 heavy (non-hydrogen) atoms. The van der Waals surface area contributed by atoms with Crippen LogP contribution >= 0.6 is 11.6 Å². The number of allylic oxidation sites excluding steroid dienone is 1. The van der Waals surface area contributed by atoms with Crippen LogP contribution in [0.5, 0.6) is 5.75 Å². The van der Waals surface area contributed by atoms with E-state index in [9.17, 15) is 4.79 Å². The predicted octanol–water partition coefficient (Wildman–Crippen LogP) is 5.71. The lowest BCUT2D eigenvalue weighted by molar-refractivity contribution is -0.114. The molecule has 184 valence electrons. The third-order valence-corrected chi connectivity index (χ3v) is 6.66. The quantitative estimate of drug-likeness (QED) is 0.298. The minimum Gasteiger partial charge on any atom is -0.495 e. The molecule has 0 bridgehead atoms. The molecule has 0 saturated carbocycles. The minimum absolute atomic E-state index is 0.0641. The van der Waals surface area contributed by atoms with E-state index in [2.05, 4.69) is 38.0 Å². The van der Waals surface area contributed by atoms with Crippen LogP contribution in [-0.2, 0) is 11.2 Å². The maximum atomic E-state index is 11.9. The second-order valence-corrected chi connectivity index (χ2v) is 9.16. The molecule has 4 aromatic rings. The van der Waals surface area contributed by atoms with Crippen molar-refractivity contribution in [1.29, 1.82) is 0 Å².